The molecule has 0 bridgehead atoms. The molecule has 0 fully saturated rings. The van der Waals surface area contributed by atoms with E-state index in [1.807, 2.05) is 79.1 Å². The van der Waals surface area contributed by atoms with Gasteiger partial charge in [0.25, 0.3) is 5.56 Å². The summed E-state index contributed by atoms with van der Waals surface area (Å²) in [5, 5.41) is 1.19. The van der Waals surface area contributed by atoms with Crippen LogP contribution in [0.2, 0.25) is 0 Å². The van der Waals surface area contributed by atoms with Crippen LogP contribution in [0.3, 0.4) is 0 Å². The Hall–Kier alpha value is -3.84. The second-order valence-electron chi connectivity index (χ2n) is 7.50. The van der Waals surface area contributed by atoms with Gasteiger partial charge in [0.05, 0.1) is 29.5 Å². The van der Waals surface area contributed by atoms with E-state index in [1.54, 1.807) is 11.7 Å². The highest BCUT2D eigenvalue weighted by Crippen LogP contribution is 2.26. The number of methoxy groups -OCH3 is 1. The lowest BCUT2D eigenvalue weighted by Crippen LogP contribution is -2.22. The fourth-order valence-electron chi connectivity index (χ4n) is 3.72. The molecule has 7 heteroatoms. The van der Waals surface area contributed by atoms with Crippen molar-refractivity contribution in [1.82, 2.24) is 19.1 Å². The zero-order valence-electron chi connectivity index (χ0n) is 18.1. The van der Waals surface area contributed by atoms with Crippen LogP contribution in [0.15, 0.2) is 101 Å². The van der Waals surface area contributed by atoms with E-state index >= 15 is 0 Å². The molecule has 2 heterocycles. The Balaban J connectivity index is 1.52. The Kier molecular flexibility index (Phi) is 5.95. The lowest BCUT2D eigenvalue weighted by atomic mass is 10.2. The van der Waals surface area contributed by atoms with Gasteiger partial charge >= 0.3 is 0 Å². The normalized spacial score (nSPS) is 11.1. The number of imidazole rings is 1. The Labute approximate surface area is 195 Å². The third-order valence-corrected chi connectivity index (χ3v) is 6.32. The summed E-state index contributed by atoms with van der Waals surface area (Å²) < 4.78 is 9.15. The van der Waals surface area contributed by atoms with Crippen LogP contribution in [-0.2, 0) is 12.3 Å². The quantitative estimate of drug-likeness (QED) is 0.258. The van der Waals surface area contributed by atoms with Crippen LogP contribution >= 0.6 is 11.8 Å². The summed E-state index contributed by atoms with van der Waals surface area (Å²) in [6.45, 7) is 0.741. The molecule has 3 aromatic carbocycles. The van der Waals surface area contributed by atoms with Crippen LogP contribution < -0.4 is 10.3 Å². The molecule has 5 aromatic rings. The summed E-state index contributed by atoms with van der Waals surface area (Å²) in [6.07, 6.45) is 3.79. The van der Waals surface area contributed by atoms with E-state index in [0.717, 1.165) is 12.4 Å². The van der Waals surface area contributed by atoms with Gasteiger partial charge in [0.1, 0.15) is 11.6 Å². The monoisotopic (exact) mass is 454 g/mol. The Morgan fingerprint density at radius 3 is 2.64 bits per heavy atom. The molecule has 2 aromatic heterocycles. The van der Waals surface area contributed by atoms with Gasteiger partial charge in [-0.05, 0) is 29.8 Å². The van der Waals surface area contributed by atoms with Gasteiger partial charge in [-0.3, -0.25) is 9.36 Å². The first kappa shape index (κ1) is 21.0. The zero-order valence-corrected chi connectivity index (χ0v) is 18.9. The fourth-order valence-corrected chi connectivity index (χ4v) is 4.70. The minimum Gasteiger partial charge on any atom is -0.497 e. The molecule has 0 saturated carbocycles. The van der Waals surface area contributed by atoms with Gasteiger partial charge in [0.2, 0.25) is 0 Å². The molecule has 0 aliphatic rings. The van der Waals surface area contributed by atoms with E-state index in [2.05, 4.69) is 21.7 Å². The molecule has 0 aliphatic heterocycles. The first-order valence-electron chi connectivity index (χ1n) is 10.6. The third-order valence-electron chi connectivity index (χ3n) is 5.38. The lowest BCUT2D eigenvalue weighted by Gasteiger charge is -2.14. The van der Waals surface area contributed by atoms with Gasteiger partial charge in [0, 0.05) is 25.0 Å². The first-order valence-corrected chi connectivity index (χ1v) is 11.5. The predicted octanol–water partition coefficient (Wildman–Crippen LogP) is 4.93. The van der Waals surface area contributed by atoms with Crippen LogP contribution in [0.5, 0.6) is 5.75 Å². The Morgan fingerprint density at radius 2 is 1.79 bits per heavy atom. The summed E-state index contributed by atoms with van der Waals surface area (Å²) in [5.74, 6) is 2.18. The van der Waals surface area contributed by atoms with Crippen molar-refractivity contribution in [2.45, 2.75) is 17.5 Å². The van der Waals surface area contributed by atoms with E-state index in [1.165, 1.54) is 17.3 Å². The van der Waals surface area contributed by atoms with Gasteiger partial charge in [0.15, 0.2) is 5.16 Å². The van der Waals surface area contributed by atoms with Crippen molar-refractivity contribution in [1.29, 1.82) is 0 Å². The van der Waals surface area contributed by atoms with Crippen molar-refractivity contribution >= 4 is 22.7 Å². The Morgan fingerprint density at radius 1 is 0.970 bits per heavy atom. The fraction of sp³-hybridized carbons (Fsp3) is 0.115. The molecular weight excluding hydrogens is 432 g/mol. The number of thioether (sulfide) groups is 1. The number of benzene rings is 3. The van der Waals surface area contributed by atoms with Gasteiger partial charge in [-0.25, -0.2) is 9.97 Å². The maximum Gasteiger partial charge on any atom is 0.266 e. The van der Waals surface area contributed by atoms with Crippen molar-refractivity contribution < 1.29 is 4.74 Å². The standard InChI is InChI=1S/C26H22N4O2S/c1-32-21-11-7-10-20(16-21)30-25(31)22-12-5-6-13-23(22)28-26(30)33-18-24-27-14-15-29(24)17-19-8-3-2-4-9-19/h2-16H,17-18H2,1H3. The Bertz CT molecular complexity index is 1460. The van der Waals surface area contributed by atoms with Gasteiger partial charge < -0.3 is 9.30 Å². The highest BCUT2D eigenvalue weighted by molar-refractivity contribution is 7.98. The molecule has 0 amide bonds. The minimum atomic E-state index is -0.107. The molecule has 0 aliphatic carbocycles. The number of rotatable bonds is 7. The first-order chi connectivity index (χ1) is 16.2. The number of nitrogens with zero attached hydrogens (tertiary/aromatic N) is 4. The average Bonchev–Trinajstić information content (AvgIpc) is 3.30. The third kappa shape index (κ3) is 4.40. The molecule has 0 atom stereocenters. The predicted molar refractivity (Wildman–Crippen MR) is 131 cm³/mol. The van der Waals surface area contributed by atoms with Crippen LogP contribution in [0.25, 0.3) is 16.6 Å². The summed E-state index contributed by atoms with van der Waals surface area (Å²) >= 11 is 1.49. The van der Waals surface area contributed by atoms with Crippen molar-refractivity contribution in [2.75, 3.05) is 7.11 Å². The van der Waals surface area contributed by atoms with E-state index in [4.69, 9.17) is 9.72 Å². The molecule has 5 rings (SSSR count). The highest BCUT2D eigenvalue weighted by Gasteiger charge is 2.15. The molecule has 0 unspecified atom stereocenters. The molecular formula is C26H22N4O2S. The summed E-state index contributed by atoms with van der Waals surface area (Å²) in [6, 6.07) is 25.2. The molecule has 0 saturated heterocycles. The molecule has 6 nitrogen and oxygen atoms in total. The van der Waals surface area contributed by atoms with Crippen molar-refractivity contribution in [3.8, 4) is 11.4 Å². The van der Waals surface area contributed by atoms with Crippen molar-refractivity contribution in [3.63, 3.8) is 0 Å². The SMILES string of the molecule is COc1cccc(-n2c(SCc3nccn3Cc3ccccc3)nc3ccccc3c2=O)c1. The minimum absolute atomic E-state index is 0.107. The summed E-state index contributed by atoms with van der Waals surface area (Å²) in [4.78, 5) is 22.8. The van der Waals surface area contributed by atoms with Crippen molar-refractivity contribution in [2.24, 2.45) is 0 Å². The largest absolute Gasteiger partial charge is 0.497 e. The topological polar surface area (TPSA) is 61.9 Å². The number of hydrogen-bond donors (Lipinski definition) is 0. The molecule has 0 N–H and O–H groups in total. The summed E-state index contributed by atoms with van der Waals surface area (Å²) in [7, 11) is 1.61. The maximum atomic E-state index is 13.5. The van der Waals surface area contributed by atoms with Crippen LogP contribution in [-0.4, -0.2) is 26.2 Å². The van der Waals surface area contributed by atoms with E-state index < -0.39 is 0 Å². The smallest absolute Gasteiger partial charge is 0.266 e. The average molecular weight is 455 g/mol. The van der Waals surface area contributed by atoms with E-state index in [0.29, 0.717) is 33.2 Å². The lowest BCUT2D eigenvalue weighted by molar-refractivity contribution is 0.414. The van der Waals surface area contributed by atoms with Gasteiger partial charge in [-0.1, -0.05) is 60.3 Å². The van der Waals surface area contributed by atoms with E-state index in [9.17, 15) is 4.79 Å². The van der Waals surface area contributed by atoms with Crippen molar-refractivity contribution in [3.05, 3.63) is 113 Å². The second-order valence-corrected chi connectivity index (χ2v) is 8.44. The number of hydrogen-bond acceptors (Lipinski definition) is 5. The number of para-hydroxylation sites is 1. The van der Waals surface area contributed by atoms with Gasteiger partial charge in [-0.2, -0.15) is 0 Å². The summed E-state index contributed by atoms with van der Waals surface area (Å²) in [5.41, 5.74) is 2.49. The van der Waals surface area contributed by atoms with Crippen LogP contribution in [0, 0.1) is 0 Å². The number of aromatic nitrogens is 4. The zero-order chi connectivity index (χ0) is 22.6. The van der Waals surface area contributed by atoms with E-state index in [-0.39, 0.29) is 5.56 Å². The maximum absolute atomic E-state index is 13.5. The number of fused-ring (bicyclic) bond motifs is 1. The number of ether oxygens (including phenoxy) is 1. The second kappa shape index (κ2) is 9.34. The highest BCUT2D eigenvalue weighted by atomic mass is 32.2. The molecule has 0 radical (unpaired) electrons. The van der Waals surface area contributed by atoms with Gasteiger partial charge in [-0.15, -0.1) is 0 Å². The molecule has 33 heavy (non-hydrogen) atoms. The van der Waals surface area contributed by atoms with Crippen LogP contribution in [0.4, 0.5) is 0 Å². The molecule has 0 spiro atoms. The van der Waals surface area contributed by atoms with Crippen LogP contribution in [0.1, 0.15) is 11.4 Å². The molecule has 164 valence electrons.